The predicted molar refractivity (Wildman–Crippen MR) is 70.7 cm³/mol. The molecule has 0 aliphatic carbocycles. The number of carboxylic acid groups (broad SMARTS) is 1. The van der Waals surface area contributed by atoms with Crippen molar-refractivity contribution in [3.05, 3.63) is 48.0 Å². The van der Waals surface area contributed by atoms with Gasteiger partial charge in [-0.25, -0.2) is 0 Å². The van der Waals surface area contributed by atoms with Crippen molar-refractivity contribution in [2.24, 2.45) is 5.92 Å². The molecule has 2 N–H and O–H groups in total. The number of nitrogens with one attached hydrogen (secondary N) is 1. The van der Waals surface area contributed by atoms with E-state index in [0.29, 0.717) is 6.54 Å². The highest BCUT2D eigenvalue weighted by Gasteiger charge is 2.34. The molecule has 1 aliphatic heterocycles. The molecule has 0 unspecified atom stereocenters. The number of rotatable bonds is 2. The number of hydrogen-bond acceptors (Lipinski definition) is 2. The van der Waals surface area contributed by atoms with Gasteiger partial charge in [-0.1, -0.05) is 42.5 Å². The maximum absolute atomic E-state index is 11.3. The smallest absolute Gasteiger partial charge is 0.308 e. The SMILES string of the molecule is O=C(O)[C@@H]1CNC[C@@H]1c1cccc2ccccc12. The molecule has 18 heavy (non-hydrogen) atoms. The van der Waals surface area contributed by atoms with Crippen molar-refractivity contribution in [2.75, 3.05) is 13.1 Å². The molecule has 92 valence electrons. The minimum absolute atomic E-state index is 0.0635. The van der Waals surface area contributed by atoms with Crippen molar-refractivity contribution in [2.45, 2.75) is 5.92 Å². The lowest BCUT2D eigenvalue weighted by molar-refractivity contribution is -0.141. The summed E-state index contributed by atoms with van der Waals surface area (Å²) in [6, 6.07) is 14.3. The molecule has 2 atom stereocenters. The van der Waals surface area contributed by atoms with E-state index < -0.39 is 5.97 Å². The molecule has 3 rings (SSSR count). The largest absolute Gasteiger partial charge is 0.481 e. The zero-order chi connectivity index (χ0) is 12.5. The summed E-state index contributed by atoms with van der Waals surface area (Å²) in [5, 5.41) is 14.8. The Balaban J connectivity index is 2.11. The van der Waals surface area contributed by atoms with Gasteiger partial charge in [0.1, 0.15) is 0 Å². The van der Waals surface area contributed by atoms with Crippen LogP contribution in [0.5, 0.6) is 0 Å². The fourth-order valence-corrected chi connectivity index (χ4v) is 2.84. The summed E-state index contributed by atoms with van der Waals surface area (Å²) < 4.78 is 0. The fourth-order valence-electron chi connectivity index (χ4n) is 2.84. The first kappa shape index (κ1) is 11.2. The average Bonchev–Trinajstić information content (AvgIpc) is 2.87. The van der Waals surface area contributed by atoms with Gasteiger partial charge in [0.25, 0.3) is 0 Å². The van der Waals surface area contributed by atoms with E-state index in [0.717, 1.165) is 12.1 Å². The Labute approximate surface area is 105 Å². The van der Waals surface area contributed by atoms with Crippen molar-refractivity contribution in [3.8, 4) is 0 Å². The van der Waals surface area contributed by atoms with E-state index in [9.17, 15) is 9.90 Å². The van der Waals surface area contributed by atoms with Crippen LogP contribution in [0.15, 0.2) is 42.5 Å². The maximum Gasteiger partial charge on any atom is 0.308 e. The van der Waals surface area contributed by atoms with Crippen LogP contribution in [0, 0.1) is 5.92 Å². The molecule has 2 aromatic rings. The second kappa shape index (κ2) is 4.42. The molecule has 0 spiro atoms. The maximum atomic E-state index is 11.3. The number of hydrogen-bond donors (Lipinski definition) is 2. The molecule has 0 amide bonds. The number of fused-ring (bicyclic) bond motifs is 1. The summed E-state index contributed by atoms with van der Waals surface area (Å²) in [4.78, 5) is 11.3. The van der Waals surface area contributed by atoms with Crippen LogP contribution in [0.2, 0.25) is 0 Å². The van der Waals surface area contributed by atoms with E-state index >= 15 is 0 Å². The minimum atomic E-state index is -0.710. The van der Waals surface area contributed by atoms with Crippen LogP contribution in [-0.4, -0.2) is 24.2 Å². The van der Waals surface area contributed by atoms with Crippen LogP contribution in [0.25, 0.3) is 10.8 Å². The van der Waals surface area contributed by atoms with E-state index in [1.807, 2.05) is 18.2 Å². The zero-order valence-electron chi connectivity index (χ0n) is 9.97. The highest BCUT2D eigenvalue weighted by atomic mass is 16.4. The fraction of sp³-hybridized carbons (Fsp3) is 0.267. The molecule has 1 saturated heterocycles. The summed E-state index contributed by atoms with van der Waals surface area (Å²) in [7, 11) is 0. The normalized spacial score (nSPS) is 23.3. The minimum Gasteiger partial charge on any atom is -0.481 e. The Bertz CT molecular complexity index is 589. The van der Waals surface area contributed by atoms with Gasteiger partial charge in [0.15, 0.2) is 0 Å². The van der Waals surface area contributed by atoms with Gasteiger partial charge in [0.2, 0.25) is 0 Å². The summed E-state index contributed by atoms with van der Waals surface area (Å²) >= 11 is 0. The number of carboxylic acids is 1. The van der Waals surface area contributed by atoms with Crippen molar-refractivity contribution in [3.63, 3.8) is 0 Å². The molecule has 3 nitrogen and oxygen atoms in total. The van der Waals surface area contributed by atoms with Crippen LogP contribution in [0.4, 0.5) is 0 Å². The van der Waals surface area contributed by atoms with Crippen LogP contribution in [0.3, 0.4) is 0 Å². The summed E-state index contributed by atoms with van der Waals surface area (Å²) in [5.74, 6) is -0.970. The van der Waals surface area contributed by atoms with Crippen molar-refractivity contribution in [1.82, 2.24) is 5.32 Å². The van der Waals surface area contributed by atoms with Gasteiger partial charge in [-0.2, -0.15) is 0 Å². The van der Waals surface area contributed by atoms with E-state index in [-0.39, 0.29) is 11.8 Å². The third-order valence-electron chi connectivity index (χ3n) is 3.75. The molecule has 1 aliphatic rings. The monoisotopic (exact) mass is 241 g/mol. The molecule has 1 fully saturated rings. The summed E-state index contributed by atoms with van der Waals surface area (Å²) in [6.45, 7) is 1.30. The lowest BCUT2D eigenvalue weighted by Crippen LogP contribution is -2.21. The quantitative estimate of drug-likeness (QED) is 0.847. The molecule has 0 bridgehead atoms. The van der Waals surface area contributed by atoms with Gasteiger partial charge in [-0.3, -0.25) is 4.79 Å². The molecular formula is C15H15NO2. The van der Waals surface area contributed by atoms with Crippen molar-refractivity contribution >= 4 is 16.7 Å². The Morgan fingerprint density at radius 3 is 2.72 bits per heavy atom. The highest BCUT2D eigenvalue weighted by molar-refractivity contribution is 5.87. The second-order valence-corrected chi connectivity index (χ2v) is 4.78. The molecule has 1 heterocycles. The standard InChI is InChI=1S/C15H15NO2/c17-15(18)14-9-16-8-13(14)12-7-3-5-10-4-1-2-6-11(10)12/h1-7,13-14,16H,8-9H2,(H,17,18)/t13-,14-/m1/s1. The number of aliphatic carboxylic acids is 1. The van der Waals surface area contributed by atoms with Gasteiger partial charge < -0.3 is 10.4 Å². The van der Waals surface area contributed by atoms with Crippen molar-refractivity contribution in [1.29, 1.82) is 0 Å². The van der Waals surface area contributed by atoms with Gasteiger partial charge in [-0.15, -0.1) is 0 Å². The van der Waals surface area contributed by atoms with E-state index in [1.54, 1.807) is 0 Å². The summed E-state index contributed by atoms with van der Waals surface area (Å²) in [5.41, 5.74) is 1.14. The van der Waals surface area contributed by atoms with Gasteiger partial charge >= 0.3 is 5.97 Å². The average molecular weight is 241 g/mol. The topological polar surface area (TPSA) is 49.3 Å². The van der Waals surface area contributed by atoms with Crippen LogP contribution in [0.1, 0.15) is 11.5 Å². The molecule has 0 saturated carbocycles. The van der Waals surface area contributed by atoms with Crippen LogP contribution < -0.4 is 5.32 Å². The first-order valence-electron chi connectivity index (χ1n) is 6.18. The van der Waals surface area contributed by atoms with Crippen LogP contribution in [-0.2, 0) is 4.79 Å². The van der Waals surface area contributed by atoms with Crippen LogP contribution >= 0.6 is 0 Å². The molecule has 0 aromatic heterocycles. The third kappa shape index (κ3) is 1.77. The van der Waals surface area contributed by atoms with Gasteiger partial charge in [0.05, 0.1) is 5.92 Å². The molecule has 3 heteroatoms. The van der Waals surface area contributed by atoms with Gasteiger partial charge in [0, 0.05) is 19.0 Å². The summed E-state index contributed by atoms with van der Waals surface area (Å²) in [6.07, 6.45) is 0. The predicted octanol–water partition coefficient (Wildman–Crippen LogP) is 2.23. The Morgan fingerprint density at radius 2 is 1.89 bits per heavy atom. The van der Waals surface area contributed by atoms with E-state index in [2.05, 4.69) is 29.6 Å². The molecule has 0 radical (unpaired) electrons. The second-order valence-electron chi connectivity index (χ2n) is 4.78. The Kier molecular flexibility index (Phi) is 2.76. The third-order valence-corrected chi connectivity index (χ3v) is 3.75. The number of benzene rings is 2. The van der Waals surface area contributed by atoms with E-state index in [1.165, 1.54) is 10.8 Å². The van der Waals surface area contributed by atoms with Gasteiger partial charge in [-0.05, 0) is 16.3 Å². The Morgan fingerprint density at radius 1 is 1.11 bits per heavy atom. The zero-order valence-corrected chi connectivity index (χ0v) is 9.97. The molecular weight excluding hydrogens is 226 g/mol. The highest BCUT2D eigenvalue weighted by Crippen LogP contribution is 2.33. The lowest BCUT2D eigenvalue weighted by atomic mass is 9.86. The molecule has 2 aromatic carbocycles. The Hall–Kier alpha value is -1.87. The number of carbonyl (C=O) groups is 1. The first-order valence-corrected chi connectivity index (χ1v) is 6.18. The lowest BCUT2D eigenvalue weighted by Gasteiger charge is -2.17. The van der Waals surface area contributed by atoms with E-state index in [4.69, 9.17) is 0 Å². The first-order chi connectivity index (χ1) is 8.77. The van der Waals surface area contributed by atoms with Crippen molar-refractivity contribution < 1.29 is 9.90 Å².